The molecule has 0 fully saturated rings. The van der Waals surface area contributed by atoms with Crippen molar-refractivity contribution in [2.24, 2.45) is 0 Å². The minimum absolute atomic E-state index is 0.277. The number of carbonyl (C=O) groups excluding carboxylic acids is 2. The molecule has 0 amide bonds. The predicted octanol–water partition coefficient (Wildman–Crippen LogP) is 3.30. The van der Waals surface area contributed by atoms with Crippen LogP contribution >= 0.6 is 0 Å². The SMILES string of the molecule is COC(=O)c1c(-c2c(F)cc(F)cc2[N+](=O)[O-])nn(-c2ccccc2)c1C(=O)OC. The normalized spacial score (nSPS) is 10.5. The first-order chi connectivity index (χ1) is 14.3. The fourth-order valence-electron chi connectivity index (χ4n) is 2.87. The highest BCUT2D eigenvalue weighted by Crippen LogP contribution is 2.37. The van der Waals surface area contributed by atoms with Gasteiger partial charge in [0.25, 0.3) is 5.69 Å². The fourth-order valence-corrected chi connectivity index (χ4v) is 2.87. The molecule has 1 aromatic heterocycles. The van der Waals surface area contributed by atoms with Gasteiger partial charge in [-0.2, -0.15) is 5.10 Å². The van der Waals surface area contributed by atoms with Gasteiger partial charge in [0.1, 0.15) is 28.5 Å². The van der Waals surface area contributed by atoms with Crippen LogP contribution in [-0.2, 0) is 9.47 Å². The molecule has 0 unspecified atom stereocenters. The first-order valence-electron chi connectivity index (χ1n) is 8.29. The number of nitro groups is 1. The molecule has 0 radical (unpaired) electrons. The van der Waals surface area contributed by atoms with Crippen molar-refractivity contribution in [1.29, 1.82) is 0 Å². The molecule has 3 aromatic rings. The van der Waals surface area contributed by atoms with Crippen LogP contribution in [0.3, 0.4) is 0 Å². The zero-order valence-electron chi connectivity index (χ0n) is 15.6. The molecule has 0 N–H and O–H groups in total. The van der Waals surface area contributed by atoms with E-state index in [1.807, 2.05) is 0 Å². The van der Waals surface area contributed by atoms with E-state index in [0.29, 0.717) is 12.1 Å². The van der Waals surface area contributed by atoms with Crippen molar-refractivity contribution >= 4 is 17.6 Å². The van der Waals surface area contributed by atoms with E-state index >= 15 is 0 Å². The Kier molecular flexibility index (Phi) is 5.54. The zero-order valence-corrected chi connectivity index (χ0v) is 15.6. The van der Waals surface area contributed by atoms with Gasteiger partial charge < -0.3 is 9.47 Å². The van der Waals surface area contributed by atoms with Crippen molar-refractivity contribution < 1.29 is 32.8 Å². The van der Waals surface area contributed by atoms with Gasteiger partial charge in [0.05, 0.1) is 30.9 Å². The van der Waals surface area contributed by atoms with Crippen LogP contribution in [0.5, 0.6) is 0 Å². The molecule has 0 saturated heterocycles. The third kappa shape index (κ3) is 3.48. The highest BCUT2D eigenvalue weighted by molar-refractivity contribution is 6.07. The number of halogens is 2. The van der Waals surface area contributed by atoms with E-state index in [-0.39, 0.29) is 5.69 Å². The van der Waals surface area contributed by atoms with Crippen molar-refractivity contribution in [2.45, 2.75) is 0 Å². The van der Waals surface area contributed by atoms with Gasteiger partial charge in [-0.15, -0.1) is 0 Å². The number of hydrogen-bond acceptors (Lipinski definition) is 7. The number of aromatic nitrogens is 2. The molecule has 1 heterocycles. The molecule has 0 bridgehead atoms. The van der Waals surface area contributed by atoms with E-state index < -0.39 is 56.7 Å². The van der Waals surface area contributed by atoms with Gasteiger partial charge in [0, 0.05) is 6.07 Å². The predicted molar refractivity (Wildman–Crippen MR) is 98.2 cm³/mol. The Hall–Kier alpha value is -4.15. The average molecular weight is 417 g/mol. The minimum Gasteiger partial charge on any atom is -0.465 e. The number of benzene rings is 2. The van der Waals surface area contributed by atoms with Gasteiger partial charge in [-0.3, -0.25) is 10.1 Å². The first-order valence-corrected chi connectivity index (χ1v) is 8.29. The summed E-state index contributed by atoms with van der Waals surface area (Å²) in [6, 6.07) is 8.84. The molecule has 154 valence electrons. The first kappa shape index (κ1) is 20.6. The number of rotatable bonds is 5. The summed E-state index contributed by atoms with van der Waals surface area (Å²) in [5, 5.41) is 15.5. The summed E-state index contributed by atoms with van der Waals surface area (Å²) in [5.41, 5.74) is -3.06. The Morgan fingerprint density at radius 1 is 1.07 bits per heavy atom. The van der Waals surface area contributed by atoms with E-state index in [4.69, 9.17) is 4.74 Å². The molecule has 9 nitrogen and oxygen atoms in total. The molecule has 0 aliphatic rings. The van der Waals surface area contributed by atoms with Crippen LogP contribution in [0, 0.1) is 21.7 Å². The second-order valence-corrected chi connectivity index (χ2v) is 5.84. The molecule has 11 heteroatoms. The lowest BCUT2D eigenvalue weighted by Crippen LogP contribution is -2.15. The van der Waals surface area contributed by atoms with Crippen LogP contribution in [0.4, 0.5) is 14.5 Å². The van der Waals surface area contributed by atoms with Crippen molar-refractivity contribution in [3.05, 3.63) is 75.5 Å². The van der Waals surface area contributed by atoms with E-state index in [9.17, 15) is 28.5 Å². The monoisotopic (exact) mass is 417 g/mol. The topological polar surface area (TPSA) is 114 Å². The number of nitro benzene ring substituents is 1. The number of methoxy groups -OCH3 is 2. The van der Waals surface area contributed by atoms with Crippen LogP contribution in [0.1, 0.15) is 20.8 Å². The quantitative estimate of drug-likeness (QED) is 0.355. The second kappa shape index (κ2) is 8.07. The maximum absolute atomic E-state index is 14.7. The maximum Gasteiger partial charge on any atom is 0.357 e. The standard InChI is InChI=1S/C19H13F2N3O6/c1-29-18(25)15-16(14-12(21)8-10(20)9-13(14)24(27)28)22-23(17(15)19(26)30-2)11-6-4-3-5-7-11/h3-9H,1-2H3. The molecule has 2 aromatic carbocycles. The summed E-state index contributed by atoms with van der Waals surface area (Å²) in [4.78, 5) is 35.4. The highest BCUT2D eigenvalue weighted by atomic mass is 19.1. The van der Waals surface area contributed by atoms with Crippen LogP contribution in [0.15, 0.2) is 42.5 Å². The molecule has 0 saturated carbocycles. The van der Waals surface area contributed by atoms with Gasteiger partial charge in [-0.1, -0.05) is 18.2 Å². The summed E-state index contributed by atoms with van der Waals surface area (Å²) in [6.45, 7) is 0. The zero-order chi connectivity index (χ0) is 22.0. The van der Waals surface area contributed by atoms with Gasteiger partial charge in [-0.25, -0.2) is 23.1 Å². The lowest BCUT2D eigenvalue weighted by Gasteiger charge is -2.07. The van der Waals surface area contributed by atoms with E-state index in [2.05, 4.69) is 9.84 Å². The molecular weight excluding hydrogens is 404 g/mol. The summed E-state index contributed by atoms with van der Waals surface area (Å²) in [6.07, 6.45) is 0. The number of esters is 2. The number of hydrogen-bond donors (Lipinski definition) is 0. The molecule has 0 aliphatic heterocycles. The number of para-hydroxylation sites is 1. The Morgan fingerprint density at radius 3 is 2.27 bits per heavy atom. The maximum atomic E-state index is 14.7. The molecule has 30 heavy (non-hydrogen) atoms. The molecule has 0 aliphatic carbocycles. The number of ether oxygens (including phenoxy) is 2. The van der Waals surface area contributed by atoms with Crippen LogP contribution < -0.4 is 0 Å². The van der Waals surface area contributed by atoms with Crippen LogP contribution in [-0.4, -0.2) is 40.9 Å². The second-order valence-electron chi connectivity index (χ2n) is 5.84. The van der Waals surface area contributed by atoms with Gasteiger partial charge in [-0.05, 0) is 12.1 Å². The third-order valence-corrected chi connectivity index (χ3v) is 4.12. The summed E-state index contributed by atoms with van der Waals surface area (Å²) in [7, 11) is 2.05. The van der Waals surface area contributed by atoms with Gasteiger partial charge in [0.15, 0.2) is 5.69 Å². The Labute approximate surface area is 167 Å². The highest BCUT2D eigenvalue weighted by Gasteiger charge is 2.35. The van der Waals surface area contributed by atoms with E-state index in [0.717, 1.165) is 18.9 Å². The van der Waals surface area contributed by atoms with Gasteiger partial charge in [0.2, 0.25) is 0 Å². The van der Waals surface area contributed by atoms with Crippen molar-refractivity contribution in [3.8, 4) is 16.9 Å². The van der Waals surface area contributed by atoms with Gasteiger partial charge >= 0.3 is 11.9 Å². The number of carbonyl (C=O) groups is 2. The van der Waals surface area contributed by atoms with E-state index in [1.54, 1.807) is 18.2 Å². The summed E-state index contributed by atoms with van der Waals surface area (Å²) >= 11 is 0. The minimum atomic E-state index is -1.35. The van der Waals surface area contributed by atoms with Crippen molar-refractivity contribution in [3.63, 3.8) is 0 Å². The fraction of sp³-hybridized carbons (Fsp3) is 0.105. The average Bonchev–Trinajstić information content (AvgIpc) is 3.12. The van der Waals surface area contributed by atoms with Crippen molar-refractivity contribution in [1.82, 2.24) is 9.78 Å². The molecule has 0 spiro atoms. The third-order valence-electron chi connectivity index (χ3n) is 4.12. The summed E-state index contributed by atoms with van der Waals surface area (Å²) < 4.78 is 38.6. The molecule has 0 atom stereocenters. The Morgan fingerprint density at radius 2 is 1.70 bits per heavy atom. The lowest BCUT2D eigenvalue weighted by molar-refractivity contribution is -0.384. The van der Waals surface area contributed by atoms with E-state index in [1.165, 1.54) is 12.1 Å². The molecular formula is C19H13F2N3O6. The van der Waals surface area contributed by atoms with Crippen LogP contribution in [0.25, 0.3) is 16.9 Å². The van der Waals surface area contributed by atoms with Crippen molar-refractivity contribution in [2.75, 3.05) is 14.2 Å². The summed E-state index contributed by atoms with van der Waals surface area (Å²) in [5.74, 6) is -4.69. The molecule has 3 rings (SSSR count). The Balaban J connectivity index is 2.48. The Bertz CT molecular complexity index is 1160. The smallest absolute Gasteiger partial charge is 0.357 e. The largest absolute Gasteiger partial charge is 0.465 e. The van der Waals surface area contributed by atoms with Crippen LogP contribution in [0.2, 0.25) is 0 Å². The lowest BCUT2D eigenvalue weighted by atomic mass is 10.0. The number of nitrogens with zero attached hydrogens (tertiary/aromatic N) is 3.